The zero-order valence-corrected chi connectivity index (χ0v) is 10.9. The lowest BCUT2D eigenvalue weighted by molar-refractivity contribution is -0.147. The standard InChI is InChI=1S/C14H21NO4/c16-12(17)6-11(14(18)19)15-13-9-2-7-1-8(4-9)5-10(13)3-7/h7-11,13,15H,1-6H2,(H,16,17)(H,18,19). The zero-order valence-electron chi connectivity index (χ0n) is 10.9. The van der Waals surface area contributed by atoms with Crippen LogP contribution in [0, 0.1) is 23.7 Å². The Labute approximate surface area is 112 Å². The van der Waals surface area contributed by atoms with Gasteiger partial charge in [0.15, 0.2) is 0 Å². The van der Waals surface area contributed by atoms with Crippen LogP contribution in [-0.2, 0) is 9.59 Å². The monoisotopic (exact) mass is 267 g/mol. The van der Waals surface area contributed by atoms with Gasteiger partial charge in [0.05, 0.1) is 6.42 Å². The molecule has 4 rings (SSSR count). The van der Waals surface area contributed by atoms with Crippen molar-refractivity contribution in [1.29, 1.82) is 0 Å². The SMILES string of the molecule is O=C(O)CC(NC1C2CC3CC(C2)CC1C3)C(=O)O. The summed E-state index contributed by atoms with van der Waals surface area (Å²) >= 11 is 0. The fourth-order valence-corrected chi connectivity index (χ4v) is 4.82. The van der Waals surface area contributed by atoms with Crippen molar-refractivity contribution in [2.45, 2.75) is 50.6 Å². The summed E-state index contributed by atoms with van der Waals surface area (Å²) < 4.78 is 0. The highest BCUT2D eigenvalue weighted by Crippen LogP contribution is 2.53. The molecular weight excluding hydrogens is 246 g/mol. The molecule has 4 fully saturated rings. The first-order chi connectivity index (χ1) is 9.02. The van der Waals surface area contributed by atoms with E-state index in [1.807, 2.05) is 0 Å². The molecule has 4 aliphatic carbocycles. The van der Waals surface area contributed by atoms with Gasteiger partial charge in [0.2, 0.25) is 0 Å². The van der Waals surface area contributed by atoms with E-state index in [-0.39, 0.29) is 12.5 Å². The molecule has 5 heteroatoms. The quantitative estimate of drug-likeness (QED) is 0.699. The average molecular weight is 267 g/mol. The van der Waals surface area contributed by atoms with Crippen molar-refractivity contribution in [3.8, 4) is 0 Å². The third kappa shape index (κ3) is 2.48. The number of nitrogens with one attached hydrogen (secondary N) is 1. The summed E-state index contributed by atoms with van der Waals surface area (Å²) in [4.78, 5) is 21.9. The topological polar surface area (TPSA) is 86.6 Å². The zero-order chi connectivity index (χ0) is 13.6. The van der Waals surface area contributed by atoms with Crippen LogP contribution < -0.4 is 5.32 Å². The van der Waals surface area contributed by atoms with Crippen molar-refractivity contribution >= 4 is 11.9 Å². The Hall–Kier alpha value is -1.10. The summed E-state index contributed by atoms with van der Waals surface area (Å²) in [6.07, 6.45) is 5.82. The maximum Gasteiger partial charge on any atom is 0.321 e. The van der Waals surface area contributed by atoms with Gasteiger partial charge in [-0.25, -0.2) is 0 Å². The number of hydrogen-bond acceptors (Lipinski definition) is 3. The van der Waals surface area contributed by atoms with E-state index in [9.17, 15) is 9.59 Å². The van der Waals surface area contributed by atoms with Crippen LogP contribution in [0.2, 0.25) is 0 Å². The van der Waals surface area contributed by atoms with Crippen molar-refractivity contribution in [1.82, 2.24) is 5.32 Å². The summed E-state index contributed by atoms with van der Waals surface area (Å²) in [5.74, 6) is 0.699. The molecule has 4 bridgehead atoms. The molecule has 0 amide bonds. The number of hydrogen-bond donors (Lipinski definition) is 3. The van der Waals surface area contributed by atoms with E-state index in [0.29, 0.717) is 11.8 Å². The van der Waals surface area contributed by atoms with Crippen LogP contribution in [0.4, 0.5) is 0 Å². The Kier molecular flexibility index (Phi) is 3.25. The molecule has 0 heterocycles. The van der Waals surface area contributed by atoms with Gasteiger partial charge in [0, 0.05) is 6.04 Å². The molecule has 0 radical (unpaired) electrons. The summed E-state index contributed by atoms with van der Waals surface area (Å²) in [7, 11) is 0. The molecule has 1 unspecified atom stereocenters. The van der Waals surface area contributed by atoms with Gasteiger partial charge in [-0.3, -0.25) is 9.59 Å². The molecule has 106 valence electrons. The van der Waals surface area contributed by atoms with E-state index in [2.05, 4.69) is 5.32 Å². The second-order valence-electron chi connectivity index (χ2n) is 6.61. The van der Waals surface area contributed by atoms with E-state index >= 15 is 0 Å². The first kappa shape index (κ1) is 12.9. The minimum Gasteiger partial charge on any atom is -0.481 e. The molecule has 0 aromatic carbocycles. The van der Waals surface area contributed by atoms with Crippen LogP contribution in [0.5, 0.6) is 0 Å². The van der Waals surface area contributed by atoms with Gasteiger partial charge in [-0.1, -0.05) is 0 Å². The lowest BCUT2D eigenvalue weighted by Crippen LogP contribution is -2.58. The van der Waals surface area contributed by atoms with Crippen molar-refractivity contribution in [2.24, 2.45) is 23.7 Å². The van der Waals surface area contributed by atoms with Crippen LogP contribution in [0.15, 0.2) is 0 Å². The van der Waals surface area contributed by atoms with Crippen molar-refractivity contribution in [2.75, 3.05) is 0 Å². The first-order valence-electron chi connectivity index (χ1n) is 7.23. The molecule has 5 nitrogen and oxygen atoms in total. The van der Waals surface area contributed by atoms with Gasteiger partial charge in [-0.05, 0) is 55.8 Å². The van der Waals surface area contributed by atoms with E-state index in [1.54, 1.807) is 0 Å². The van der Waals surface area contributed by atoms with E-state index in [4.69, 9.17) is 10.2 Å². The Morgan fingerprint density at radius 2 is 1.53 bits per heavy atom. The largest absolute Gasteiger partial charge is 0.481 e. The average Bonchev–Trinajstić information content (AvgIpc) is 2.30. The Bertz CT molecular complexity index is 367. The molecule has 3 N–H and O–H groups in total. The smallest absolute Gasteiger partial charge is 0.321 e. The third-order valence-electron chi connectivity index (χ3n) is 5.30. The van der Waals surface area contributed by atoms with Crippen molar-refractivity contribution < 1.29 is 19.8 Å². The first-order valence-corrected chi connectivity index (χ1v) is 7.23. The maximum absolute atomic E-state index is 11.2. The van der Waals surface area contributed by atoms with Gasteiger partial charge in [0.25, 0.3) is 0 Å². The van der Waals surface area contributed by atoms with E-state index in [1.165, 1.54) is 32.1 Å². The lowest BCUT2D eigenvalue weighted by Gasteiger charge is -2.55. The summed E-state index contributed by atoms with van der Waals surface area (Å²) in [5, 5.41) is 21.1. The molecule has 0 aromatic rings. The predicted molar refractivity (Wildman–Crippen MR) is 67.6 cm³/mol. The number of rotatable bonds is 5. The molecule has 0 saturated heterocycles. The van der Waals surface area contributed by atoms with Crippen LogP contribution in [0.1, 0.15) is 38.5 Å². The molecule has 19 heavy (non-hydrogen) atoms. The minimum absolute atomic E-state index is 0.216. The Balaban J connectivity index is 1.68. The predicted octanol–water partition coefficient (Wildman–Crippen LogP) is 1.33. The van der Waals surface area contributed by atoms with E-state index < -0.39 is 18.0 Å². The summed E-state index contributed by atoms with van der Waals surface area (Å²) in [5.41, 5.74) is 0. The second-order valence-corrected chi connectivity index (χ2v) is 6.61. The number of aliphatic carboxylic acids is 2. The highest BCUT2D eigenvalue weighted by Gasteiger charge is 2.48. The molecule has 4 saturated carbocycles. The number of carboxylic acids is 2. The second kappa shape index (κ2) is 4.78. The molecule has 0 spiro atoms. The Morgan fingerprint density at radius 1 is 1.00 bits per heavy atom. The van der Waals surface area contributed by atoms with E-state index in [0.717, 1.165) is 11.8 Å². The van der Waals surface area contributed by atoms with Gasteiger partial charge < -0.3 is 15.5 Å². The summed E-state index contributed by atoms with van der Waals surface area (Å²) in [6, 6.07) is -0.728. The Morgan fingerprint density at radius 3 is 1.95 bits per heavy atom. The fraction of sp³-hybridized carbons (Fsp3) is 0.857. The summed E-state index contributed by atoms with van der Waals surface area (Å²) in [6.45, 7) is 0. The minimum atomic E-state index is -1.05. The van der Waals surface area contributed by atoms with Crippen molar-refractivity contribution in [3.05, 3.63) is 0 Å². The van der Waals surface area contributed by atoms with Gasteiger partial charge >= 0.3 is 11.9 Å². The highest BCUT2D eigenvalue weighted by atomic mass is 16.4. The van der Waals surface area contributed by atoms with Crippen LogP contribution >= 0.6 is 0 Å². The molecule has 0 aliphatic heterocycles. The lowest BCUT2D eigenvalue weighted by atomic mass is 9.54. The van der Waals surface area contributed by atoms with Gasteiger partial charge in [-0.2, -0.15) is 0 Å². The third-order valence-corrected chi connectivity index (χ3v) is 5.30. The van der Waals surface area contributed by atoms with Crippen LogP contribution in [0.3, 0.4) is 0 Å². The fourth-order valence-electron chi connectivity index (χ4n) is 4.82. The number of carboxylic acid groups (broad SMARTS) is 2. The van der Waals surface area contributed by atoms with Crippen LogP contribution in [-0.4, -0.2) is 34.2 Å². The highest BCUT2D eigenvalue weighted by molar-refractivity contribution is 5.80. The van der Waals surface area contributed by atoms with Gasteiger partial charge in [0.1, 0.15) is 6.04 Å². The maximum atomic E-state index is 11.2. The van der Waals surface area contributed by atoms with Gasteiger partial charge in [-0.15, -0.1) is 0 Å². The number of carbonyl (C=O) groups is 2. The van der Waals surface area contributed by atoms with Crippen molar-refractivity contribution in [3.63, 3.8) is 0 Å². The molecule has 0 aromatic heterocycles. The normalized spacial score (nSPS) is 41.2. The van der Waals surface area contributed by atoms with Crippen LogP contribution in [0.25, 0.3) is 0 Å². The molecule has 4 aliphatic rings. The molecular formula is C14H21NO4. The molecule has 1 atom stereocenters.